The second-order valence-corrected chi connectivity index (χ2v) is 6.53. The van der Waals surface area contributed by atoms with Gasteiger partial charge in [-0.3, -0.25) is 4.90 Å². The summed E-state index contributed by atoms with van der Waals surface area (Å²) in [4.78, 5) is 2.63. The quantitative estimate of drug-likeness (QED) is 0.935. The molecule has 6 heteroatoms. The minimum atomic E-state index is 0.475. The van der Waals surface area contributed by atoms with Crippen LogP contribution in [0.25, 0.3) is 5.82 Å². The molecule has 22 heavy (non-hydrogen) atoms. The van der Waals surface area contributed by atoms with Crippen LogP contribution in [0.2, 0.25) is 0 Å². The average Bonchev–Trinajstić information content (AvgIpc) is 3.16. The molecule has 0 spiro atoms. The zero-order valence-electron chi connectivity index (χ0n) is 13.1. The van der Waals surface area contributed by atoms with Gasteiger partial charge in [0, 0.05) is 30.9 Å². The zero-order valence-corrected chi connectivity index (χ0v) is 13.1. The number of hydrogen-bond donors (Lipinski definition) is 1. The van der Waals surface area contributed by atoms with E-state index in [-0.39, 0.29) is 0 Å². The van der Waals surface area contributed by atoms with Gasteiger partial charge in [-0.1, -0.05) is 0 Å². The number of rotatable bonds is 4. The van der Waals surface area contributed by atoms with Crippen molar-refractivity contribution < 1.29 is 0 Å². The lowest BCUT2D eigenvalue weighted by Gasteiger charge is -2.19. The summed E-state index contributed by atoms with van der Waals surface area (Å²) in [7, 11) is 0. The molecule has 1 saturated carbocycles. The molecule has 2 fully saturated rings. The van der Waals surface area contributed by atoms with Crippen molar-refractivity contribution in [1.82, 2.24) is 24.9 Å². The Morgan fingerprint density at radius 2 is 2.05 bits per heavy atom. The third-order valence-electron chi connectivity index (χ3n) is 4.60. The van der Waals surface area contributed by atoms with Crippen LogP contribution in [0.1, 0.15) is 31.9 Å². The Morgan fingerprint density at radius 1 is 1.18 bits per heavy atom. The highest BCUT2D eigenvalue weighted by atomic mass is 15.3. The van der Waals surface area contributed by atoms with Gasteiger partial charge in [-0.25, -0.2) is 4.68 Å². The molecule has 4 rings (SSSR count). The van der Waals surface area contributed by atoms with Crippen LogP contribution in [-0.2, 0) is 0 Å². The zero-order chi connectivity index (χ0) is 15.1. The van der Waals surface area contributed by atoms with Gasteiger partial charge >= 0.3 is 0 Å². The Balaban J connectivity index is 1.41. The lowest BCUT2D eigenvalue weighted by atomic mass is 10.2. The van der Waals surface area contributed by atoms with E-state index in [1.165, 1.54) is 19.3 Å². The fraction of sp³-hybridized carbons (Fsp3) is 0.562. The predicted octanol–water partition coefficient (Wildman–Crippen LogP) is 2.01. The van der Waals surface area contributed by atoms with Gasteiger partial charge in [0.05, 0.1) is 5.69 Å². The van der Waals surface area contributed by atoms with Crippen LogP contribution in [0.5, 0.6) is 0 Å². The summed E-state index contributed by atoms with van der Waals surface area (Å²) in [6.07, 6.45) is 5.82. The smallest absolute Gasteiger partial charge is 0.175 e. The van der Waals surface area contributed by atoms with Crippen LogP contribution in [0, 0.1) is 6.92 Å². The van der Waals surface area contributed by atoms with Gasteiger partial charge in [0.25, 0.3) is 0 Å². The summed E-state index contributed by atoms with van der Waals surface area (Å²) >= 11 is 0. The van der Waals surface area contributed by atoms with E-state index in [9.17, 15) is 0 Å². The summed E-state index contributed by atoms with van der Waals surface area (Å²) in [6, 6.07) is 7.88. The highest BCUT2D eigenvalue weighted by Gasteiger charge is 2.38. The molecule has 3 heterocycles. The molecule has 6 nitrogen and oxygen atoms in total. The Kier molecular flexibility index (Phi) is 3.33. The van der Waals surface area contributed by atoms with Gasteiger partial charge < -0.3 is 5.32 Å². The van der Waals surface area contributed by atoms with E-state index >= 15 is 0 Å². The maximum absolute atomic E-state index is 4.35. The largest absolute Gasteiger partial charge is 0.365 e. The van der Waals surface area contributed by atoms with Crippen molar-refractivity contribution in [3.63, 3.8) is 0 Å². The van der Waals surface area contributed by atoms with Crippen LogP contribution in [-0.4, -0.2) is 49.5 Å². The molecule has 1 aliphatic carbocycles. The summed E-state index contributed by atoms with van der Waals surface area (Å²) < 4.78 is 1.75. The van der Waals surface area contributed by atoms with E-state index in [1.807, 2.05) is 31.3 Å². The second-order valence-electron chi connectivity index (χ2n) is 6.53. The average molecular weight is 298 g/mol. The normalized spacial score (nSPS) is 25.5. The Labute approximate surface area is 130 Å². The molecule has 0 aromatic carbocycles. The van der Waals surface area contributed by atoms with Gasteiger partial charge in [0.2, 0.25) is 0 Å². The van der Waals surface area contributed by atoms with Crippen molar-refractivity contribution in [2.75, 3.05) is 11.9 Å². The number of likely N-dealkylation sites (tertiary alicyclic amines) is 1. The molecule has 2 aliphatic rings. The number of nitrogens with one attached hydrogen (secondary N) is 1. The number of hydrogen-bond acceptors (Lipinski definition) is 5. The van der Waals surface area contributed by atoms with Gasteiger partial charge in [-0.15, -0.1) is 10.2 Å². The van der Waals surface area contributed by atoms with E-state index in [2.05, 4.69) is 32.4 Å². The molecule has 2 unspecified atom stereocenters. The lowest BCUT2D eigenvalue weighted by Crippen LogP contribution is -2.31. The van der Waals surface area contributed by atoms with Crippen molar-refractivity contribution >= 4 is 5.82 Å². The SMILES string of the molecule is Cc1ccn(-c2ccc(NC3CC(C)N(C4CC4)C3)nn2)n1. The number of nitrogens with zero attached hydrogens (tertiary/aromatic N) is 5. The Hall–Kier alpha value is -1.95. The molecular formula is C16H22N6. The topological polar surface area (TPSA) is 58.9 Å². The molecule has 1 N–H and O–H groups in total. The number of aromatic nitrogens is 4. The lowest BCUT2D eigenvalue weighted by molar-refractivity contribution is 0.257. The third kappa shape index (κ3) is 2.70. The molecule has 2 aromatic heterocycles. The van der Waals surface area contributed by atoms with Crippen LogP contribution < -0.4 is 5.32 Å². The molecule has 2 atom stereocenters. The van der Waals surface area contributed by atoms with Crippen molar-refractivity contribution in [2.45, 2.75) is 51.2 Å². The first-order valence-electron chi connectivity index (χ1n) is 8.08. The third-order valence-corrected chi connectivity index (χ3v) is 4.60. The first kappa shape index (κ1) is 13.7. The van der Waals surface area contributed by atoms with Crippen LogP contribution in [0.15, 0.2) is 24.4 Å². The molecule has 0 radical (unpaired) electrons. The van der Waals surface area contributed by atoms with E-state index < -0.39 is 0 Å². The van der Waals surface area contributed by atoms with E-state index in [0.717, 1.165) is 29.9 Å². The van der Waals surface area contributed by atoms with E-state index in [4.69, 9.17) is 0 Å². The number of anilines is 1. The summed E-state index contributed by atoms with van der Waals surface area (Å²) in [5.74, 6) is 1.60. The van der Waals surface area contributed by atoms with Gasteiger partial charge in [-0.05, 0) is 51.3 Å². The molecule has 2 aromatic rings. The highest BCUT2D eigenvalue weighted by molar-refractivity contribution is 5.37. The molecule has 0 amide bonds. The Bertz CT molecular complexity index is 645. The molecule has 116 valence electrons. The Morgan fingerprint density at radius 3 is 2.68 bits per heavy atom. The minimum Gasteiger partial charge on any atom is -0.365 e. The van der Waals surface area contributed by atoms with Crippen molar-refractivity contribution in [3.05, 3.63) is 30.1 Å². The standard InChI is InChI=1S/C16H22N6/c1-11-7-8-22(20-11)16-6-5-15(18-19-16)17-13-9-12(2)21(10-13)14-3-4-14/h5-8,12-14H,3-4,9-10H2,1-2H3,(H,17,18). The van der Waals surface area contributed by atoms with Crippen molar-refractivity contribution in [1.29, 1.82) is 0 Å². The molecular weight excluding hydrogens is 276 g/mol. The fourth-order valence-electron chi connectivity index (χ4n) is 3.35. The second kappa shape index (κ2) is 5.35. The summed E-state index contributed by atoms with van der Waals surface area (Å²) in [5.41, 5.74) is 0.976. The maximum atomic E-state index is 4.35. The van der Waals surface area contributed by atoms with Gasteiger partial charge in [0.1, 0.15) is 5.82 Å². The molecule has 0 bridgehead atoms. The first-order valence-corrected chi connectivity index (χ1v) is 8.08. The molecule has 1 aliphatic heterocycles. The monoisotopic (exact) mass is 298 g/mol. The summed E-state index contributed by atoms with van der Waals surface area (Å²) in [5, 5.41) is 16.4. The van der Waals surface area contributed by atoms with Crippen LogP contribution in [0.3, 0.4) is 0 Å². The fourth-order valence-corrected chi connectivity index (χ4v) is 3.35. The van der Waals surface area contributed by atoms with Gasteiger partial charge in [-0.2, -0.15) is 5.10 Å². The van der Waals surface area contributed by atoms with E-state index in [1.54, 1.807) is 4.68 Å². The maximum Gasteiger partial charge on any atom is 0.175 e. The molecule has 1 saturated heterocycles. The first-order chi connectivity index (χ1) is 10.7. The highest BCUT2D eigenvalue weighted by Crippen LogP contribution is 2.33. The van der Waals surface area contributed by atoms with Crippen LogP contribution in [0.4, 0.5) is 5.82 Å². The predicted molar refractivity (Wildman–Crippen MR) is 85.1 cm³/mol. The van der Waals surface area contributed by atoms with Gasteiger partial charge in [0.15, 0.2) is 5.82 Å². The minimum absolute atomic E-state index is 0.475. The van der Waals surface area contributed by atoms with Crippen LogP contribution >= 0.6 is 0 Å². The summed E-state index contributed by atoms with van der Waals surface area (Å²) in [6.45, 7) is 5.41. The van der Waals surface area contributed by atoms with Crippen molar-refractivity contribution in [3.8, 4) is 5.82 Å². The van der Waals surface area contributed by atoms with Crippen molar-refractivity contribution in [2.24, 2.45) is 0 Å². The van der Waals surface area contributed by atoms with E-state index in [0.29, 0.717) is 12.1 Å². The number of aryl methyl sites for hydroxylation is 1.